The van der Waals surface area contributed by atoms with Crippen molar-refractivity contribution in [3.8, 4) is 0 Å². The summed E-state index contributed by atoms with van der Waals surface area (Å²) in [6, 6.07) is 14.8. The lowest BCUT2D eigenvalue weighted by Crippen LogP contribution is -2.15. The van der Waals surface area contributed by atoms with Crippen molar-refractivity contribution >= 4 is 26.8 Å². The average Bonchev–Trinajstić information content (AvgIpc) is 2.86. The molecule has 0 bridgehead atoms. The van der Waals surface area contributed by atoms with Crippen LogP contribution in [0.5, 0.6) is 0 Å². The molecule has 1 heterocycles. The zero-order chi connectivity index (χ0) is 15.0. The van der Waals surface area contributed by atoms with Crippen LogP contribution >= 0.6 is 0 Å². The maximum atomic E-state index is 12.5. The van der Waals surface area contributed by atoms with Gasteiger partial charge in [-0.3, -0.25) is 4.79 Å². The third-order valence-corrected chi connectivity index (χ3v) is 4.05. The second-order valence-electron chi connectivity index (χ2n) is 4.50. The Hall–Kier alpha value is -2.44. The topological polar surface area (TPSA) is 90.4 Å². The Bertz CT molecular complexity index is 927. The fraction of sp³-hybridized carbons (Fsp3) is 0. The van der Waals surface area contributed by atoms with Gasteiger partial charge < -0.3 is 4.42 Å². The van der Waals surface area contributed by atoms with Gasteiger partial charge in [0.15, 0.2) is 5.76 Å². The van der Waals surface area contributed by atoms with Gasteiger partial charge in [-0.25, -0.2) is 13.6 Å². The smallest absolute Gasteiger partial charge is 0.242 e. The van der Waals surface area contributed by atoms with Gasteiger partial charge in [-0.05, 0) is 12.1 Å². The van der Waals surface area contributed by atoms with Gasteiger partial charge in [0.1, 0.15) is 10.5 Å². The summed E-state index contributed by atoms with van der Waals surface area (Å²) in [7, 11) is -4.08. The van der Waals surface area contributed by atoms with Crippen LogP contribution < -0.4 is 5.14 Å². The molecular weight excluding hydrogens is 290 g/mol. The van der Waals surface area contributed by atoms with E-state index in [1.54, 1.807) is 54.6 Å². The maximum Gasteiger partial charge on any atom is 0.242 e. The number of rotatable bonds is 3. The van der Waals surface area contributed by atoms with Crippen molar-refractivity contribution in [3.05, 3.63) is 65.9 Å². The van der Waals surface area contributed by atoms with Gasteiger partial charge in [-0.2, -0.15) is 0 Å². The second kappa shape index (κ2) is 4.83. The molecule has 0 spiro atoms. The molecule has 21 heavy (non-hydrogen) atoms. The Kier molecular flexibility index (Phi) is 3.12. The largest absolute Gasteiger partial charge is 0.451 e. The molecule has 1 aromatic heterocycles. The minimum Gasteiger partial charge on any atom is -0.451 e. The number of para-hydroxylation sites is 1. The number of ketones is 1. The number of furan rings is 1. The van der Waals surface area contributed by atoms with E-state index in [-0.39, 0.29) is 10.7 Å². The fourth-order valence-corrected chi connectivity index (χ4v) is 3.04. The molecule has 0 fully saturated rings. The average molecular weight is 301 g/mol. The highest BCUT2D eigenvalue weighted by Gasteiger charge is 2.28. The number of fused-ring (bicyclic) bond motifs is 1. The Morgan fingerprint density at radius 1 is 0.952 bits per heavy atom. The summed E-state index contributed by atoms with van der Waals surface area (Å²) in [5, 5.41) is 5.55. The van der Waals surface area contributed by atoms with E-state index in [0.29, 0.717) is 16.5 Å². The van der Waals surface area contributed by atoms with Gasteiger partial charge in [0.05, 0.1) is 0 Å². The summed E-state index contributed by atoms with van der Waals surface area (Å²) in [4.78, 5) is 12.2. The zero-order valence-electron chi connectivity index (χ0n) is 10.8. The van der Waals surface area contributed by atoms with Gasteiger partial charge in [-0.1, -0.05) is 42.5 Å². The summed E-state index contributed by atoms with van der Waals surface area (Å²) >= 11 is 0. The molecule has 0 unspecified atom stereocenters. The number of hydrogen-bond acceptors (Lipinski definition) is 4. The second-order valence-corrected chi connectivity index (χ2v) is 5.99. The van der Waals surface area contributed by atoms with E-state index in [1.165, 1.54) is 0 Å². The lowest BCUT2D eigenvalue weighted by atomic mass is 10.1. The van der Waals surface area contributed by atoms with E-state index in [4.69, 9.17) is 9.56 Å². The van der Waals surface area contributed by atoms with Crippen molar-refractivity contribution in [1.29, 1.82) is 0 Å². The van der Waals surface area contributed by atoms with Crippen LogP contribution in [0.4, 0.5) is 0 Å². The quantitative estimate of drug-likeness (QED) is 0.752. The number of carbonyl (C=O) groups excluding carboxylic acids is 1. The summed E-state index contributed by atoms with van der Waals surface area (Å²) in [5.74, 6) is -0.777. The Balaban J connectivity index is 2.31. The first-order chi connectivity index (χ1) is 9.98. The van der Waals surface area contributed by atoms with Gasteiger partial charge in [0.25, 0.3) is 0 Å². The predicted molar refractivity (Wildman–Crippen MR) is 77.5 cm³/mol. The standard InChI is InChI=1S/C15H11NO4S/c16-21(18,19)15-11-8-4-5-9-12(11)20-14(15)13(17)10-6-2-1-3-7-10/h1-9H,(H2,16,18,19). The van der Waals surface area contributed by atoms with Crippen LogP contribution in [-0.4, -0.2) is 14.2 Å². The molecular formula is C15H11NO4S. The van der Waals surface area contributed by atoms with Gasteiger partial charge in [-0.15, -0.1) is 0 Å². The van der Waals surface area contributed by atoms with Crippen molar-refractivity contribution in [2.24, 2.45) is 5.14 Å². The highest BCUT2D eigenvalue weighted by atomic mass is 32.2. The van der Waals surface area contributed by atoms with Gasteiger partial charge >= 0.3 is 0 Å². The van der Waals surface area contributed by atoms with E-state index < -0.39 is 15.8 Å². The molecule has 0 saturated heterocycles. The molecule has 0 aliphatic heterocycles. The predicted octanol–water partition coefficient (Wildman–Crippen LogP) is 2.31. The van der Waals surface area contributed by atoms with E-state index in [2.05, 4.69) is 0 Å². The molecule has 2 N–H and O–H groups in total. The highest BCUT2D eigenvalue weighted by molar-refractivity contribution is 7.89. The van der Waals surface area contributed by atoms with E-state index in [1.807, 2.05) is 0 Å². The summed E-state index contributed by atoms with van der Waals surface area (Å²) in [5.41, 5.74) is 0.641. The van der Waals surface area contributed by atoms with E-state index in [9.17, 15) is 13.2 Å². The number of primary sulfonamides is 1. The molecule has 2 aromatic carbocycles. The van der Waals surface area contributed by atoms with Crippen LogP contribution in [0.1, 0.15) is 16.1 Å². The summed E-state index contributed by atoms with van der Waals surface area (Å²) in [6.07, 6.45) is 0. The molecule has 0 aliphatic carbocycles. The number of sulfonamides is 1. The lowest BCUT2D eigenvalue weighted by Gasteiger charge is -2.00. The van der Waals surface area contributed by atoms with Crippen LogP contribution in [0.25, 0.3) is 11.0 Å². The normalized spacial score (nSPS) is 11.7. The first-order valence-electron chi connectivity index (χ1n) is 6.12. The third-order valence-electron chi connectivity index (χ3n) is 3.08. The first kappa shape index (κ1) is 13.5. The molecule has 3 rings (SSSR count). The highest BCUT2D eigenvalue weighted by Crippen LogP contribution is 2.30. The molecule has 5 nitrogen and oxygen atoms in total. The molecule has 0 atom stereocenters. The molecule has 0 radical (unpaired) electrons. The molecule has 0 aliphatic rings. The summed E-state index contributed by atoms with van der Waals surface area (Å²) in [6.45, 7) is 0. The van der Waals surface area contributed by atoms with Gasteiger partial charge in [0.2, 0.25) is 15.8 Å². The van der Waals surface area contributed by atoms with Crippen molar-refractivity contribution in [2.45, 2.75) is 4.90 Å². The van der Waals surface area contributed by atoms with Crippen LogP contribution in [0.2, 0.25) is 0 Å². The monoisotopic (exact) mass is 301 g/mol. The molecule has 0 amide bonds. The third kappa shape index (κ3) is 2.35. The zero-order valence-corrected chi connectivity index (χ0v) is 11.6. The SMILES string of the molecule is NS(=O)(=O)c1c(C(=O)c2ccccc2)oc2ccccc12. The van der Waals surface area contributed by atoms with Crippen molar-refractivity contribution < 1.29 is 17.6 Å². The number of nitrogens with two attached hydrogens (primary N) is 1. The summed E-state index contributed by atoms with van der Waals surface area (Å²) < 4.78 is 29.1. The molecule has 0 saturated carbocycles. The van der Waals surface area contributed by atoms with Crippen LogP contribution in [-0.2, 0) is 10.0 Å². The fourth-order valence-electron chi connectivity index (χ4n) is 2.17. The van der Waals surface area contributed by atoms with Crippen molar-refractivity contribution in [1.82, 2.24) is 0 Å². The minimum atomic E-state index is -4.08. The van der Waals surface area contributed by atoms with Crippen LogP contribution in [0, 0.1) is 0 Å². The minimum absolute atomic E-state index is 0.259. The number of carbonyl (C=O) groups is 1. The van der Waals surface area contributed by atoms with E-state index >= 15 is 0 Å². The van der Waals surface area contributed by atoms with Crippen LogP contribution in [0.3, 0.4) is 0 Å². The Morgan fingerprint density at radius 3 is 2.24 bits per heavy atom. The van der Waals surface area contributed by atoms with E-state index in [0.717, 1.165) is 0 Å². The lowest BCUT2D eigenvalue weighted by molar-refractivity contribution is 0.101. The molecule has 3 aromatic rings. The van der Waals surface area contributed by atoms with Crippen LogP contribution in [0.15, 0.2) is 63.9 Å². The number of benzene rings is 2. The van der Waals surface area contributed by atoms with Crippen molar-refractivity contribution in [3.63, 3.8) is 0 Å². The Labute approximate surface area is 121 Å². The molecule has 6 heteroatoms. The number of hydrogen-bond donors (Lipinski definition) is 1. The van der Waals surface area contributed by atoms with Gasteiger partial charge in [0, 0.05) is 10.9 Å². The maximum absolute atomic E-state index is 12.5. The first-order valence-corrected chi connectivity index (χ1v) is 7.67. The van der Waals surface area contributed by atoms with Crippen molar-refractivity contribution in [2.75, 3.05) is 0 Å². The molecule has 106 valence electrons. The Morgan fingerprint density at radius 2 is 1.57 bits per heavy atom.